The van der Waals surface area contributed by atoms with E-state index >= 15 is 0 Å². The Labute approximate surface area is 158 Å². The molecule has 1 N–H and O–H groups in total. The van der Waals surface area contributed by atoms with Crippen molar-refractivity contribution in [3.63, 3.8) is 0 Å². The smallest absolute Gasteiger partial charge is 0.255 e. The van der Waals surface area contributed by atoms with Gasteiger partial charge in [-0.1, -0.05) is 12.1 Å². The lowest BCUT2D eigenvalue weighted by molar-refractivity contribution is 0.102. The van der Waals surface area contributed by atoms with Gasteiger partial charge in [0.05, 0.1) is 0 Å². The molecule has 1 saturated heterocycles. The van der Waals surface area contributed by atoms with Crippen molar-refractivity contribution in [2.45, 2.75) is 18.8 Å². The summed E-state index contributed by atoms with van der Waals surface area (Å²) in [7, 11) is 2.15. The molecule has 27 heavy (non-hydrogen) atoms. The van der Waals surface area contributed by atoms with E-state index in [-0.39, 0.29) is 11.7 Å². The van der Waals surface area contributed by atoms with E-state index in [0.717, 1.165) is 25.9 Å². The minimum absolute atomic E-state index is 0.199. The van der Waals surface area contributed by atoms with Gasteiger partial charge in [0, 0.05) is 34.4 Å². The highest BCUT2D eigenvalue weighted by Gasteiger charge is 2.18. The van der Waals surface area contributed by atoms with Crippen molar-refractivity contribution in [1.82, 2.24) is 9.88 Å². The monoisotopic (exact) mass is 363 g/mol. The molecule has 2 aromatic carbocycles. The van der Waals surface area contributed by atoms with Crippen molar-refractivity contribution >= 4 is 22.4 Å². The molecule has 0 unspecified atom stereocenters. The number of fused-ring (bicyclic) bond motifs is 1. The number of anilines is 1. The Morgan fingerprint density at radius 2 is 1.81 bits per heavy atom. The summed E-state index contributed by atoms with van der Waals surface area (Å²) in [4.78, 5) is 18.9. The Balaban J connectivity index is 1.51. The van der Waals surface area contributed by atoms with Crippen LogP contribution in [0.25, 0.3) is 10.8 Å². The maximum atomic E-state index is 13.9. The highest BCUT2D eigenvalue weighted by atomic mass is 19.1. The standard InChI is InChI=1S/C22H22FN3O/c1-26-12-9-16(10-13-26)15-2-4-17(5-3-15)22(27)25-21-7-6-20(23)19-14-24-11-8-18(19)21/h2-8,11,14,16H,9-10,12-13H2,1H3,(H,25,27). The van der Waals surface area contributed by atoms with E-state index in [4.69, 9.17) is 0 Å². The number of hydrogen-bond acceptors (Lipinski definition) is 3. The predicted octanol–water partition coefficient (Wildman–Crippen LogP) is 4.44. The molecule has 0 spiro atoms. The molecule has 4 rings (SSSR count). The minimum Gasteiger partial charge on any atom is -0.321 e. The molecule has 3 aromatic rings. The number of nitrogens with one attached hydrogen (secondary N) is 1. The van der Waals surface area contributed by atoms with Crippen molar-refractivity contribution in [3.8, 4) is 0 Å². The summed E-state index contributed by atoms with van der Waals surface area (Å²) in [5.74, 6) is 0.0140. The van der Waals surface area contributed by atoms with Gasteiger partial charge >= 0.3 is 0 Å². The largest absolute Gasteiger partial charge is 0.321 e. The zero-order chi connectivity index (χ0) is 18.8. The molecule has 1 aliphatic heterocycles. The number of carbonyl (C=O) groups is 1. The van der Waals surface area contributed by atoms with Crippen LogP contribution in [-0.2, 0) is 0 Å². The summed E-state index contributed by atoms with van der Waals surface area (Å²) >= 11 is 0. The quantitative estimate of drug-likeness (QED) is 0.748. The Kier molecular flexibility index (Phi) is 4.86. The van der Waals surface area contributed by atoms with E-state index < -0.39 is 0 Å². The molecular formula is C22H22FN3O. The van der Waals surface area contributed by atoms with Gasteiger partial charge in [-0.2, -0.15) is 0 Å². The Bertz CT molecular complexity index is 963. The van der Waals surface area contributed by atoms with Gasteiger partial charge in [-0.25, -0.2) is 4.39 Å². The molecule has 4 nitrogen and oxygen atoms in total. The zero-order valence-corrected chi connectivity index (χ0v) is 15.3. The second-order valence-electron chi connectivity index (χ2n) is 7.17. The van der Waals surface area contributed by atoms with Gasteiger partial charge < -0.3 is 10.2 Å². The van der Waals surface area contributed by atoms with Crippen LogP contribution in [0.2, 0.25) is 0 Å². The average Bonchev–Trinajstić information content (AvgIpc) is 2.71. The van der Waals surface area contributed by atoms with Crippen LogP contribution < -0.4 is 5.32 Å². The van der Waals surface area contributed by atoms with Crippen LogP contribution in [0.5, 0.6) is 0 Å². The minimum atomic E-state index is -0.349. The lowest BCUT2D eigenvalue weighted by Crippen LogP contribution is -2.29. The Hall–Kier alpha value is -2.79. The molecule has 0 aliphatic carbocycles. The van der Waals surface area contributed by atoms with Crippen molar-refractivity contribution < 1.29 is 9.18 Å². The van der Waals surface area contributed by atoms with Crippen molar-refractivity contribution in [2.24, 2.45) is 0 Å². The number of benzene rings is 2. The van der Waals surface area contributed by atoms with E-state index in [9.17, 15) is 9.18 Å². The van der Waals surface area contributed by atoms with E-state index in [1.807, 2.05) is 12.1 Å². The van der Waals surface area contributed by atoms with Crippen LogP contribution in [0.3, 0.4) is 0 Å². The topological polar surface area (TPSA) is 45.2 Å². The van der Waals surface area contributed by atoms with E-state index in [2.05, 4.69) is 34.4 Å². The van der Waals surface area contributed by atoms with Gasteiger partial charge in [-0.15, -0.1) is 0 Å². The van der Waals surface area contributed by atoms with Crippen LogP contribution in [-0.4, -0.2) is 35.9 Å². The Morgan fingerprint density at radius 3 is 2.56 bits per heavy atom. The first-order valence-electron chi connectivity index (χ1n) is 9.24. The Morgan fingerprint density at radius 1 is 1.07 bits per heavy atom. The fraction of sp³-hybridized carbons (Fsp3) is 0.273. The predicted molar refractivity (Wildman–Crippen MR) is 106 cm³/mol. The first kappa shape index (κ1) is 17.6. The maximum Gasteiger partial charge on any atom is 0.255 e. The van der Waals surface area contributed by atoms with Crippen LogP contribution in [0.1, 0.15) is 34.7 Å². The number of pyridine rings is 1. The summed E-state index contributed by atoms with van der Waals surface area (Å²) in [5, 5.41) is 3.93. The first-order valence-corrected chi connectivity index (χ1v) is 9.24. The second kappa shape index (κ2) is 7.45. The number of likely N-dealkylation sites (tertiary alicyclic amines) is 1. The third-order valence-electron chi connectivity index (χ3n) is 5.38. The van der Waals surface area contributed by atoms with Gasteiger partial charge in [0.25, 0.3) is 5.91 Å². The van der Waals surface area contributed by atoms with Gasteiger partial charge in [0.15, 0.2) is 0 Å². The van der Waals surface area contributed by atoms with E-state index in [1.165, 1.54) is 17.8 Å². The number of nitrogens with zero attached hydrogens (tertiary/aromatic N) is 2. The van der Waals surface area contributed by atoms with Crippen LogP contribution in [0.15, 0.2) is 54.9 Å². The average molecular weight is 363 g/mol. The number of rotatable bonds is 3. The van der Waals surface area contributed by atoms with E-state index in [1.54, 1.807) is 18.3 Å². The second-order valence-corrected chi connectivity index (χ2v) is 7.17. The highest BCUT2D eigenvalue weighted by Crippen LogP contribution is 2.28. The first-order chi connectivity index (χ1) is 13.1. The SMILES string of the molecule is CN1CCC(c2ccc(C(=O)Nc3ccc(F)c4cnccc34)cc2)CC1. The number of carbonyl (C=O) groups excluding carboxylic acids is 1. The van der Waals surface area contributed by atoms with Gasteiger partial charge in [0.2, 0.25) is 0 Å². The van der Waals surface area contributed by atoms with Gasteiger partial charge in [-0.05, 0) is 74.8 Å². The van der Waals surface area contributed by atoms with Crippen molar-refractivity contribution in [3.05, 3.63) is 71.8 Å². The molecule has 138 valence electrons. The van der Waals surface area contributed by atoms with Crippen LogP contribution in [0.4, 0.5) is 10.1 Å². The normalized spacial score (nSPS) is 15.8. The zero-order valence-electron chi connectivity index (χ0n) is 15.3. The molecule has 1 aromatic heterocycles. The third kappa shape index (κ3) is 3.69. The molecule has 5 heteroatoms. The maximum absolute atomic E-state index is 13.9. The molecule has 1 amide bonds. The fourth-order valence-corrected chi connectivity index (χ4v) is 3.71. The lowest BCUT2D eigenvalue weighted by atomic mass is 9.89. The summed E-state index contributed by atoms with van der Waals surface area (Å²) < 4.78 is 13.9. The fourth-order valence-electron chi connectivity index (χ4n) is 3.71. The van der Waals surface area contributed by atoms with Crippen LogP contribution >= 0.6 is 0 Å². The highest BCUT2D eigenvalue weighted by molar-refractivity contribution is 6.09. The summed E-state index contributed by atoms with van der Waals surface area (Å²) in [6, 6.07) is 12.5. The molecule has 1 fully saturated rings. The summed E-state index contributed by atoms with van der Waals surface area (Å²) in [6.45, 7) is 2.22. The van der Waals surface area contributed by atoms with Crippen molar-refractivity contribution in [1.29, 1.82) is 0 Å². The van der Waals surface area contributed by atoms with Crippen LogP contribution in [0, 0.1) is 5.82 Å². The van der Waals surface area contributed by atoms with Gasteiger partial charge in [-0.3, -0.25) is 9.78 Å². The molecule has 0 radical (unpaired) electrons. The lowest BCUT2D eigenvalue weighted by Gasteiger charge is -2.29. The molecule has 1 aliphatic rings. The molecule has 0 bridgehead atoms. The summed E-state index contributed by atoms with van der Waals surface area (Å²) in [6.07, 6.45) is 5.36. The molecular weight excluding hydrogens is 341 g/mol. The van der Waals surface area contributed by atoms with Crippen molar-refractivity contribution in [2.75, 3.05) is 25.5 Å². The number of hydrogen-bond donors (Lipinski definition) is 1. The number of amides is 1. The molecule has 0 atom stereocenters. The number of aromatic nitrogens is 1. The number of piperidine rings is 1. The third-order valence-corrected chi connectivity index (χ3v) is 5.38. The van der Waals surface area contributed by atoms with E-state index in [0.29, 0.717) is 27.9 Å². The molecule has 2 heterocycles. The van der Waals surface area contributed by atoms with Gasteiger partial charge in [0.1, 0.15) is 5.82 Å². The number of halogens is 1. The summed E-state index contributed by atoms with van der Waals surface area (Å²) in [5.41, 5.74) is 2.47. The molecule has 0 saturated carbocycles.